The molecule has 1 aromatic heterocycles. The predicted octanol–water partition coefficient (Wildman–Crippen LogP) is 4.58. The summed E-state index contributed by atoms with van der Waals surface area (Å²) in [5.74, 6) is -1.22. The third-order valence-electron chi connectivity index (χ3n) is 2.94. The molecule has 0 atom stereocenters. The van der Waals surface area contributed by atoms with E-state index in [1.807, 2.05) is 19.1 Å². The number of rotatable bonds is 5. The summed E-state index contributed by atoms with van der Waals surface area (Å²) in [6.45, 7) is 2.93. The van der Waals surface area contributed by atoms with Gasteiger partial charge in [-0.05, 0) is 75.5 Å². The summed E-state index contributed by atoms with van der Waals surface area (Å²) in [4.78, 5) is 35.8. The lowest BCUT2D eigenvalue weighted by Crippen LogP contribution is -2.21. The molecule has 0 saturated heterocycles. The van der Waals surface area contributed by atoms with Crippen LogP contribution in [0.2, 0.25) is 0 Å². The number of Topliss-reactive ketones (excluding diaryl/α,β-unsaturated/α-hetero) is 1. The van der Waals surface area contributed by atoms with E-state index in [4.69, 9.17) is 4.74 Å². The van der Waals surface area contributed by atoms with Gasteiger partial charge in [0.1, 0.15) is 4.88 Å². The van der Waals surface area contributed by atoms with Gasteiger partial charge in [-0.2, -0.15) is 0 Å². The highest BCUT2D eigenvalue weighted by Crippen LogP contribution is 2.32. The average molecular weight is 475 g/mol. The van der Waals surface area contributed by atoms with Crippen LogP contribution < -0.4 is 5.32 Å². The van der Waals surface area contributed by atoms with E-state index in [-0.39, 0.29) is 10.7 Å². The molecule has 0 unspecified atom stereocenters. The zero-order valence-electron chi connectivity index (χ0n) is 12.8. The van der Waals surface area contributed by atoms with E-state index in [0.29, 0.717) is 10.6 Å². The fourth-order valence-electron chi connectivity index (χ4n) is 1.83. The molecule has 5 nitrogen and oxygen atoms in total. The molecule has 0 radical (unpaired) electrons. The van der Waals surface area contributed by atoms with E-state index < -0.39 is 18.5 Å². The number of benzene rings is 1. The molecule has 1 N–H and O–H groups in total. The van der Waals surface area contributed by atoms with E-state index in [9.17, 15) is 14.4 Å². The third-order valence-corrected chi connectivity index (χ3v) is 5.36. The van der Waals surface area contributed by atoms with Crippen molar-refractivity contribution in [3.05, 3.63) is 48.5 Å². The number of carbonyl (C=O) groups excluding carboxylic acids is 3. The van der Waals surface area contributed by atoms with Crippen LogP contribution in [-0.4, -0.2) is 24.3 Å². The fourth-order valence-corrected chi connectivity index (χ4v) is 4.24. The first-order chi connectivity index (χ1) is 11.3. The van der Waals surface area contributed by atoms with Gasteiger partial charge in [0.25, 0.3) is 5.91 Å². The normalized spacial score (nSPS) is 10.3. The van der Waals surface area contributed by atoms with Crippen LogP contribution in [0.25, 0.3) is 0 Å². The number of carbonyl (C=O) groups is 3. The SMILES string of the molecule is CC(=O)c1ccc(C(=O)OCC(=O)Nc2c(Br)cc(C)cc2Br)s1. The summed E-state index contributed by atoms with van der Waals surface area (Å²) in [5.41, 5.74) is 1.59. The number of hydrogen-bond acceptors (Lipinski definition) is 5. The van der Waals surface area contributed by atoms with Gasteiger partial charge in [-0.15, -0.1) is 11.3 Å². The number of esters is 1. The third kappa shape index (κ3) is 4.75. The number of amides is 1. The van der Waals surface area contributed by atoms with Crippen LogP contribution in [0.5, 0.6) is 0 Å². The zero-order chi connectivity index (χ0) is 17.9. The molecule has 1 heterocycles. The second-order valence-electron chi connectivity index (χ2n) is 4.95. The van der Waals surface area contributed by atoms with Crippen molar-refractivity contribution >= 4 is 66.5 Å². The summed E-state index contributed by atoms with van der Waals surface area (Å²) in [7, 11) is 0. The second kappa shape index (κ2) is 8.04. The van der Waals surface area contributed by atoms with Crippen molar-refractivity contribution in [3.8, 4) is 0 Å². The Kier molecular flexibility index (Phi) is 6.31. The van der Waals surface area contributed by atoms with E-state index in [1.165, 1.54) is 13.0 Å². The Morgan fingerprint density at radius 3 is 2.25 bits per heavy atom. The highest BCUT2D eigenvalue weighted by Gasteiger charge is 2.16. The van der Waals surface area contributed by atoms with E-state index >= 15 is 0 Å². The quantitative estimate of drug-likeness (QED) is 0.508. The van der Waals surface area contributed by atoms with Crippen molar-refractivity contribution in [1.29, 1.82) is 0 Å². The van der Waals surface area contributed by atoms with Gasteiger partial charge in [0, 0.05) is 8.95 Å². The summed E-state index contributed by atoms with van der Waals surface area (Å²) >= 11 is 7.79. The van der Waals surface area contributed by atoms with Crippen LogP contribution in [-0.2, 0) is 9.53 Å². The molecule has 8 heteroatoms. The first-order valence-electron chi connectivity index (χ1n) is 6.81. The van der Waals surface area contributed by atoms with Crippen LogP contribution in [0.15, 0.2) is 33.2 Å². The Labute approximate surface area is 159 Å². The Balaban J connectivity index is 1.95. The van der Waals surface area contributed by atoms with Gasteiger partial charge in [-0.3, -0.25) is 9.59 Å². The number of aryl methyl sites for hydroxylation is 1. The molecular formula is C16H13Br2NO4S. The minimum absolute atomic E-state index is 0.120. The van der Waals surface area contributed by atoms with Crippen molar-refractivity contribution in [3.63, 3.8) is 0 Å². The molecule has 24 heavy (non-hydrogen) atoms. The first kappa shape index (κ1) is 18.8. The lowest BCUT2D eigenvalue weighted by atomic mass is 10.2. The molecule has 0 fully saturated rings. The van der Waals surface area contributed by atoms with Gasteiger partial charge in [0.2, 0.25) is 0 Å². The summed E-state index contributed by atoms with van der Waals surface area (Å²) in [6.07, 6.45) is 0. The number of ketones is 1. The first-order valence-corrected chi connectivity index (χ1v) is 9.21. The summed E-state index contributed by atoms with van der Waals surface area (Å²) < 4.78 is 6.42. The summed E-state index contributed by atoms with van der Waals surface area (Å²) in [5, 5.41) is 2.68. The minimum Gasteiger partial charge on any atom is -0.451 e. The maximum absolute atomic E-state index is 12.0. The standard InChI is InChI=1S/C16H13Br2NO4S/c1-8-5-10(17)15(11(18)6-8)19-14(21)7-23-16(22)13-4-3-12(24-13)9(2)20/h3-6H,7H2,1-2H3,(H,19,21). The maximum Gasteiger partial charge on any atom is 0.348 e. The number of nitrogens with one attached hydrogen (secondary N) is 1. The molecule has 0 bridgehead atoms. The molecule has 126 valence electrons. The fraction of sp³-hybridized carbons (Fsp3) is 0.188. The van der Waals surface area contributed by atoms with Crippen LogP contribution >= 0.6 is 43.2 Å². The van der Waals surface area contributed by atoms with Crippen LogP contribution in [0.4, 0.5) is 5.69 Å². The Hall–Kier alpha value is -1.51. The molecule has 2 rings (SSSR count). The van der Waals surface area contributed by atoms with Crippen molar-refractivity contribution in [2.75, 3.05) is 11.9 Å². The Morgan fingerprint density at radius 1 is 1.12 bits per heavy atom. The molecule has 0 aliphatic carbocycles. The van der Waals surface area contributed by atoms with E-state index in [1.54, 1.807) is 6.07 Å². The highest BCUT2D eigenvalue weighted by molar-refractivity contribution is 9.11. The number of halogens is 2. The van der Waals surface area contributed by atoms with Gasteiger partial charge in [0.15, 0.2) is 12.4 Å². The largest absolute Gasteiger partial charge is 0.451 e. The molecular weight excluding hydrogens is 462 g/mol. The molecule has 0 spiro atoms. The zero-order valence-corrected chi connectivity index (χ0v) is 16.8. The second-order valence-corrected chi connectivity index (χ2v) is 7.74. The number of ether oxygens (including phenoxy) is 1. The predicted molar refractivity (Wildman–Crippen MR) is 99.8 cm³/mol. The smallest absolute Gasteiger partial charge is 0.348 e. The van der Waals surface area contributed by atoms with Gasteiger partial charge in [-0.25, -0.2) is 4.79 Å². The number of hydrogen-bond donors (Lipinski definition) is 1. The van der Waals surface area contributed by atoms with Crippen molar-refractivity contribution < 1.29 is 19.1 Å². The van der Waals surface area contributed by atoms with Crippen molar-refractivity contribution in [2.45, 2.75) is 13.8 Å². The Morgan fingerprint density at radius 2 is 1.71 bits per heavy atom. The van der Waals surface area contributed by atoms with Gasteiger partial charge < -0.3 is 10.1 Å². The number of thiophene rings is 1. The lowest BCUT2D eigenvalue weighted by molar-refractivity contribution is -0.119. The van der Waals surface area contributed by atoms with Crippen molar-refractivity contribution in [2.24, 2.45) is 0 Å². The summed E-state index contributed by atoms with van der Waals surface area (Å²) in [6, 6.07) is 6.79. The van der Waals surface area contributed by atoms with Crippen LogP contribution in [0.1, 0.15) is 31.8 Å². The molecule has 0 saturated carbocycles. The Bertz CT molecular complexity index is 793. The molecule has 0 aliphatic heterocycles. The van der Waals surface area contributed by atoms with Gasteiger partial charge >= 0.3 is 5.97 Å². The minimum atomic E-state index is -0.635. The van der Waals surface area contributed by atoms with Crippen LogP contribution in [0, 0.1) is 6.92 Å². The monoisotopic (exact) mass is 473 g/mol. The van der Waals surface area contributed by atoms with E-state index in [2.05, 4.69) is 37.2 Å². The average Bonchev–Trinajstić information content (AvgIpc) is 2.98. The number of anilines is 1. The van der Waals surface area contributed by atoms with Gasteiger partial charge in [-0.1, -0.05) is 0 Å². The topological polar surface area (TPSA) is 72.5 Å². The van der Waals surface area contributed by atoms with E-state index in [0.717, 1.165) is 25.8 Å². The van der Waals surface area contributed by atoms with Crippen LogP contribution in [0.3, 0.4) is 0 Å². The molecule has 0 aliphatic rings. The molecule has 1 aromatic carbocycles. The maximum atomic E-state index is 12.0. The lowest BCUT2D eigenvalue weighted by Gasteiger charge is -2.11. The molecule has 2 aromatic rings. The molecule has 1 amide bonds. The van der Waals surface area contributed by atoms with Crippen molar-refractivity contribution in [1.82, 2.24) is 0 Å². The van der Waals surface area contributed by atoms with Gasteiger partial charge in [0.05, 0.1) is 10.6 Å². The highest BCUT2D eigenvalue weighted by atomic mass is 79.9.